The molecule has 0 aromatic heterocycles. The number of hydrogen-bond donors (Lipinski definition) is 2. The Morgan fingerprint density at radius 1 is 1.29 bits per heavy atom. The van der Waals surface area contributed by atoms with E-state index < -0.39 is 11.7 Å². The summed E-state index contributed by atoms with van der Waals surface area (Å²) < 4.78 is 39.8. The molecule has 0 aliphatic rings. The van der Waals surface area contributed by atoms with Crippen LogP contribution >= 0.6 is 11.8 Å². The summed E-state index contributed by atoms with van der Waals surface area (Å²) in [5.41, 5.74) is 7.19. The molecule has 0 saturated heterocycles. The largest absolute Gasteiger partial charge is 0.416 e. The molecular weight excluding hydrogens is 257 g/mol. The van der Waals surface area contributed by atoms with E-state index in [1.165, 1.54) is 18.3 Å². The summed E-state index contributed by atoms with van der Waals surface area (Å²) in [5.74, 6) is -0.116. The molecule has 0 bridgehead atoms. The number of nitrogens with two attached hydrogens (primary N) is 1. The number of hydrogen-bond acceptors (Lipinski definition) is 2. The molecule has 0 atom stereocenters. The van der Waals surface area contributed by atoms with E-state index >= 15 is 0 Å². The first kappa shape index (κ1) is 13.3. The van der Waals surface area contributed by atoms with Crippen molar-refractivity contribution in [1.29, 1.82) is 0 Å². The molecule has 0 spiro atoms. The molecule has 92 valence electrons. The maximum Gasteiger partial charge on any atom is 0.416 e. The second-order valence-corrected chi connectivity index (χ2v) is 3.13. The highest BCUT2D eigenvalue weighted by atomic mass is 35.5. The number of rotatable bonds is 2. The Balaban J connectivity index is 2.69. The maximum atomic E-state index is 12.2. The van der Waals surface area contributed by atoms with Crippen molar-refractivity contribution in [2.75, 3.05) is 0 Å². The zero-order valence-corrected chi connectivity index (χ0v) is 9.13. The number of halogens is 4. The third-order valence-corrected chi connectivity index (χ3v) is 1.90. The van der Waals surface area contributed by atoms with E-state index in [1.807, 2.05) is 0 Å². The van der Waals surface area contributed by atoms with Gasteiger partial charge in [-0.2, -0.15) is 18.3 Å². The molecule has 0 fully saturated rings. The van der Waals surface area contributed by atoms with E-state index in [2.05, 4.69) is 15.0 Å². The van der Waals surface area contributed by atoms with Gasteiger partial charge in [-0.1, -0.05) is 12.1 Å². The monoisotopic (exact) mass is 264 g/mol. The van der Waals surface area contributed by atoms with Crippen molar-refractivity contribution >= 4 is 24.0 Å². The molecule has 0 aliphatic heterocycles. The van der Waals surface area contributed by atoms with Gasteiger partial charge in [-0.3, -0.25) is 0 Å². The van der Waals surface area contributed by atoms with Gasteiger partial charge >= 0.3 is 6.18 Å². The summed E-state index contributed by atoms with van der Waals surface area (Å²) >= 11 is 5.01. The van der Waals surface area contributed by atoms with Crippen LogP contribution in [0.1, 0.15) is 11.1 Å². The molecule has 0 saturated carbocycles. The van der Waals surface area contributed by atoms with Crippen molar-refractivity contribution in [3.8, 4) is 0 Å². The Kier molecular flexibility index (Phi) is 4.33. The average molecular weight is 265 g/mol. The molecule has 0 heterocycles. The average Bonchev–Trinajstić information content (AvgIpc) is 2.28. The number of benzene rings is 1. The zero-order chi connectivity index (χ0) is 12.9. The highest BCUT2D eigenvalue weighted by Crippen LogP contribution is 2.28. The molecule has 1 aromatic rings. The lowest BCUT2D eigenvalue weighted by atomic mass is 10.1. The van der Waals surface area contributed by atoms with Crippen LogP contribution in [0.3, 0.4) is 0 Å². The Morgan fingerprint density at radius 2 is 1.88 bits per heavy atom. The van der Waals surface area contributed by atoms with Crippen LogP contribution < -0.4 is 11.2 Å². The Morgan fingerprint density at radius 3 is 2.35 bits per heavy atom. The van der Waals surface area contributed by atoms with Crippen LogP contribution in [0.15, 0.2) is 33.9 Å². The van der Waals surface area contributed by atoms with Gasteiger partial charge in [0.1, 0.15) is 0 Å². The van der Waals surface area contributed by atoms with Gasteiger partial charge in [-0.25, -0.2) is 5.43 Å². The minimum atomic E-state index is -4.34. The van der Waals surface area contributed by atoms with E-state index in [4.69, 9.17) is 17.5 Å². The SMILES string of the molecule is N/C(=N\Cl)NN=Cc1ccc(C(F)(F)F)cc1. The van der Waals surface area contributed by atoms with Crippen molar-refractivity contribution in [2.24, 2.45) is 15.3 Å². The third-order valence-electron chi connectivity index (χ3n) is 1.72. The van der Waals surface area contributed by atoms with Gasteiger partial charge in [0.2, 0.25) is 5.96 Å². The molecule has 1 aromatic carbocycles. The fourth-order valence-corrected chi connectivity index (χ4v) is 0.988. The predicted molar refractivity (Wildman–Crippen MR) is 59.6 cm³/mol. The zero-order valence-electron chi connectivity index (χ0n) is 8.37. The van der Waals surface area contributed by atoms with Crippen LogP contribution in [0, 0.1) is 0 Å². The van der Waals surface area contributed by atoms with E-state index in [0.29, 0.717) is 5.56 Å². The van der Waals surface area contributed by atoms with E-state index in [9.17, 15) is 13.2 Å². The van der Waals surface area contributed by atoms with Gasteiger partial charge in [0, 0.05) is 11.8 Å². The van der Waals surface area contributed by atoms with Crippen LogP contribution in [0.25, 0.3) is 0 Å². The highest BCUT2D eigenvalue weighted by molar-refractivity contribution is 6.19. The van der Waals surface area contributed by atoms with E-state index in [0.717, 1.165) is 12.1 Å². The highest BCUT2D eigenvalue weighted by Gasteiger charge is 2.29. The molecule has 0 unspecified atom stereocenters. The lowest BCUT2D eigenvalue weighted by Crippen LogP contribution is -2.26. The summed E-state index contributed by atoms with van der Waals surface area (Å²) in [7, 11) is 0. The van der Waals surface area contributed by atoms with Crippen molar-refractivity contribution in [3.63, 3.8) is 0 Å². The lowest BCUT2D eigenvalue weighted by molar-refractivity contribution is -0.137. The number of nitrogens with zero attached hydrogens (tertiary/aromatic N) is 2. The van der Waals surface area contributed by atoms with Crippen LogP contribution in [0.4, 0.5) is 13.2 Å². The summed E-state index contributed by atoms with van der Waals surface area (Å²) in [6, 6.07) is 4.48. The van der Waals surface area contributed by atoms with E-state index in [-0.39, 0.29) is 5.96 Å². The topological polar surface area (TPSA) is 62.8 Å². The summed E-state index contributed by atoms with van der Waals surface area (Å²) in [4.78, 5) is 0. The third kappa shape index (κ3) is 4.31. The first-order valence-corrected chi connectivity index (χ1v) is 4.68. The van der Waals surface area contributed by atoms with Gasteiger partial charge in [-0.05, 0) is 17.7 Å². The Bertz CT molecular complexity index is 425. The van der Waals surface area contributed by atoms with Gasteiger partial charge in [0.05, 0.1) is 11.8 Å². The number of guanidine groups is 1. The molecule has 0 radical (unpaired) electrons. The minimum absolute atomic E-state index is 0.116. The van der Waals surface area contributed by atoms with Crippen molar-refractivity contribution in [1.82, 2.24) is 5.43 Å². The number of nitrogens with one attached hydrogen (secondary N) is 1. The van der Waals surface area contributed by atoms with Crippen LogP contribution in [0.5, 0.6) is 0 Å². The lowest BCUT2D eigenvalue weighted by Gasteiger charge is -2.05. The maximum absolute atomic E-state index is 12.2. The Labute approximate surface area is 100 Å². The summed E-state index contributed by atoms with van der Waals surface area (Å²) in [6.45, 7) is 0. The normalized spacial score (nSPS) is 13.1. The standard InChI is InChI=1S/C9H8ClF3N4/c10-16-8(14)17-15-5-6-1-3-7(4-2-6)9(11,12)13/h1-5H,(H3,14,16,17). The van der Waals surface area contributed by atoms with Gasteiger partial charge < -0.3 is 5.73 Å². The molecule has 3 N–H and O–H groups in total. The first-order chi connectivity index (χ1) is 7.93. The van der Waals surface area contributed by atoms with E-state index in [1.54, 1.807) is 0 Å². The fourth-order valence-electron chi connectivity index (χ4n) is 0.950. The molecule has 4 nitrogen and oxygen atoms in total. The molecule has 17 heavy (non-hydrogen) atoms. The van der Waals surface area contributed by atoms with Crippen LogP contribution in [-0.4, -0.2) is 12.2 Å². The van der Waals surface area contributed by atoms with Crippen molar-refractivity contribution < 1.29 is 13.2 Å². The molecule has 0 amide bonds. The number of hydrazone groups is 1. The summed E-state index contributed by atoms with van der Waals surface area (Å²) in [5, 5.41) is 3.61. The molecule has 8 heteroatoms. The molecule has 1 rings (SSSR count). The van der Waals surface area contributed by atoms with Crippen molar-refractivity contribution in [2.45, 2.75) is 6.18 Å². The minimum Gasteiger partial charge on any atom is -0.367 e. The second-order valence-electron chi connectivity index (χ2n) is 2.96. The number of alkyl halides is 3. The molecule has 0 aliphatic carbocycles. The Hall–Kier alpha value is -1.76. The second kappa shape index (κ2) is 5.53. The molecular formula is C9H8ClF3N4. The predicted octanol–water partition coefficient (Wildman–Crippen LogP) is 2.10. The van der Waals surface area contributed by atoms with Gasteiger partial charge in [0.15, 0.2) is 0 Å². The van der Waals surface area contributed by atoms with Crippen LogP contribution in [-0.2, 0) is 6.18 Å². The summed E-state index contributed by atoms with van der Waals surface area (Å²) in [6.07, 6.45) is -3.06. The van der Waals surface area contributed by atoms with Crippen molar-refractivity contribution in [3.05, 3.63) is 35.4 Å². The first-order valence-electron chi connectivity index (χ1n) is 4.34. The quantitative estimate of drug-likeness (QED) is 0.488. The van der Waals surface area contributed by atoms with Gasteiger partial charge in [0.25, 0.3) is 0 Å². The van der Waals surface area contributed by atoms with Crippen LogP contribution in [0.2, 0.25) is 0 Å². The smallest absolute Gasteiger partial charge is 0.367 e. The van der Waals surface area contributed by atoms with Gasteiger partial charge in [-0.15, -0.1) is 4.51 Å². The fraction of sp³-hybridized carbons (Fsp3) is 0.111.